The van der Waals surface area contributed by atoms with Gasteiger partial charge in [0.2, 0.25) is 0 Å². The van der Waals surface area contributed by atoms with Gasteiger partial charge in [0, 0.05) is 36.9 Å². The van der Waals surface area contributed by atoms with Crippen molar-refractivity contribution in [1.29, 1.82) is 0 Å². The number of aromatic amines is 1. The van der Waals surface area contributed by atoms with Gasteiger partial charge in [0.25, 0.3) is 0 Å². The molecule has 1 aliphatic heterocycles. The van der Waals surface area contributed by atoms with Gasteiger partial charge in [0.1, 0.15) is 0 Å². The maximum atomic E-state index is 3.45. The molecule has 0 atom stereocenters. The van der Waals surface area contributed by atoms with Crippen LogP contribution in [-0.4, -0.2) is 22.0 Å². The summed E-state index contributed by atoms with van der Waals surface area (Å²) in [5.74, 6) is 0.625. The van der Waals surface area contributed by atoms with Crippen molar-refractivity contribution in [3.63, 3.8) is 0 Å². The summed E-state index contributed by atoms with van der Waals surface area (Å²) in [6.45, 7) is 13.8. The van der Waals surface area contributed by atoms with E-state index in [-0.39, 0.29) is 5.54 Å². The zero-order chi connectivity index (χ0) is 11.9. The Bertz CT molecular complexity index is 369. The van der Waals surface area contributed by atoms with Gasteiger partial charge in [-0.2, -0.15) is 0 Å². The fourth-order valence-electron chi connectivity index (χ4n) is 2.53. The Labute approximate surface area is 99.0 Å². The van der Waals surface area contributed by atoms with E-state index in [4.69, 9.17) is 0 Å². The molecule has 0 bridgehead atoms. The Morgan fingerprint density at radius 3 is 2.56 bits per heavy atom. The Hall–Kier alpha value is -0.760. The minimum absolute atomic E-state index is 0.281. The third-order valence-corrected chi connectivity index (χ3v) is 3.67. The molecule has 1 aliphatic rings. The van der Waals surface area contributed by atoms with Gasteiger partial charge in [0.05, 0.1) is 0 Å². The van der Waals surface area contributed by atoms with Gasteiger partial charge in [-0.15, -0.1) is 0 Å². The average Bonchev–Trinajstić information content (AvgIpc) is 2.58. The summed E-state index contributed by atoms with van der Waals surface area (Å²) in [6, 6.07) is 0. The Balaban J connectivity index is 2.28. The molecule has 0 saturated heterocycles. The summed E-state index contributed by atoms with van der Waals surface area (Å²) in [7, 11) is 0. The molecule has 0 saturated carbocycles. The van der Waals surface area contributed by atoms with Gasteiger partial charge in [-0.25, -0.2) is 0 Å². The molecule has 2 heterocycles. The van der Waals surface area contributed by atoms with Crippen LogP contribution in [0.2, 0.25) is 0 Å². The van der Waals surface area contributed by atoms with Crippen molar-refractivity contribution >= 4 is 0 Å². The topological polar surface area (TPSA) is 19.0 Å². The molecule has 0 amide bonds. The van der Waals surface area contributed by atoms with Crippen molar-refractivity contribution in [1.82, 2.24) is 9.88 Å². The standard InChI is InChI=1S/C14H24N2/c1-10(2)11-8-15-13-6-7-16(9-12(11)13)14(3,4)5/h8,10,15H,6-7,9H2,1-5H3. The van der Waals surface area contributed by atoms with Gasteiger partial charge >= 0.3 is 0 Å². The van der Waals surface area contributed by atoms with Crippen LogP contribution in [0.15, 0.2) is 6.20 Å². The highest BCUT2D eigenvalue weighted by Gasteiger charge is 2.28. The Morgan fingerprint density at radius 2 is 2.00 bits per heavy atom. The van der Waals surface area contributed by atoms with Crippen LogP contribution in [0.25, 0.3) is 0 Å². The summed E-state index contributed by atoms with van der Waals surface area (Å²) < 4.78 is 0. The predicted molar refractivity (Wildman–Crippen MR) is 68.7 cm³/mol. The molecule has 0 unspecified atom stereocenters. The van der Waals surface area contributed by atoms with E-state index in [1.54, 1.807) is 5.56 Å². The molecule has 1 N–H and O–H groups in total. The molecule has 2 nitrogen and oxygen atoms in total. The number of aromatic nitrogens is 1. The van der Waals surface area contributed by atoms with Gasteiger partial charge in [0.15, 0.2) is 0 Å². The second-order valence-electron chi connectivity index (χ2n) is 6.20. The van der Waals surface area contributed by atoms with Crippen molar-refractivity contribution in [3.8, 4) is 0 Å². The third kappa shape index (κ3) is 2.03. The third-order valence-electron chi connectivity index (χ3n) is 3.67. The lowest BCUT2D eigenvalue weighted by atomic mass is 9.94. The lowest BCUT2D eigenvalue weighted by Crippen LogP contribution is -2.44. The highest BCUT2D eigenvalue weighted by atomic mass is 15.2. The van der Waals surface area contributed by atoms with Gasteiger partial charge in [-0.3, -0.25) is 4.90 Å². The number of hydrogen-bond acceptors (Lipinski definition) is 1. The zero-order valence-electron chi connectivity index (χ0n) is 11.2. The number of nitrogens with zero attached hydrogens (tertiary/aromatic N) is 1. The summed E-state index contributed by atoms with van der Waals surface area (Å²) in [4.78, 5) is 6.03. The second-order valence-corrected chi connectivity index (χ2v) is 6.20. The van der Waals surface area contributed by atoms with Crippen LogP contribution < -0.4 is 0 Å². The van der Waals surface area contributed by atoms with E-state index in [1.807, 2.05) is 0 Å². The molecule has 16 heavy (non-hydrogen) atoms. The quantitative estimate of drug-likeness (QED) is 0.769. The predicted octanol–water partition coefficient (Wildman–Crippen LogP) is 3.29. The van der Waals surface area contributed by atoms with Crippen LogP contribution in [0.4, 0.5) is 0 Å². The highest BCUT2D eigenvalue weighted by Crippen LogP contribution is 2.30. The normalized spacial score (nSPS) is 17.9. The van der Waals surface area contributed by atoms with Crippen LogP contribution in [0, 0.1) is 0 Å². The van der Waals surface area contributed by atoms with E-state index in [2.05, 4.69) is 50.7 Å². The minimum Gasteiger partial charge on any atom is -0.364 e. The summed E-state index contributed by atoms with van der Waals surface area (Å²) in [5, 5.41) is 0. The largest absolute Gasteiger partial charge is 0.364 e. The van der Waals surface area contributed by atoms with Gasteiger partial charge < -0.3 is 4.98 Å². The number of nitrogens with one attached hydrogen (secondary N) is 1. The molecule has 2 heteroatoms. The van der Waals surface area contributed by atoms with Crippen LogP contribution in [-0.2, 0) is 13.0 Å². The molecule has 0 radical (unpaired) electrons. The molecule has 1 aromatic heterocycles. The lowest BCUT2D eigenvalue weighted by Gasteiger charge is -2.38. The van der Waals surface area contributed by atoms with Crippen molar-refractivity contribution in [2.45, 2.75) is 59.0 Å². The first kappa shape index (κ1) is 11.7. The van der Waals surface area contributed by atoms with E-state index in [1.165, 1.54) is 24.2 Å². The fourth-order valence-corrected chi connectivity index (χ4v) is 2.53. The molecule has 0 aliphatic carbocycles. The summed E-state index contributed by atoms with van der Waals surface area (Å²) in [6.07, 6.45) is 3.38. The fraction of sp³-hybridized carbons (Fsp3) is 0.714. The lowest BCUT2D eigenvalue weighted by molar-refractivity contribution is 0.120. The van der Waals surface area contributed by atoms with Crippen molar-refractivity contribution in [2.75, 3.05) is 6.54 Å². The van der Waals surface area contributed by atoms with E-state index in [0.717, 1.165) is 6.54 Å². The summed E-state index contributed by atoms with van der Waals surface area (Å²) >= 11 is 0. The average molecular weight is 220 g/mol. The molecule has 1 aromatic rings. The Kier molecular flexibility index (Phi) is 2.87. The Morgan fingerprint density at radius 1 is 1.31 bits per heavy atom. The van der Waals surface area contributed by atoms with Crippen molar-refractivity contribution < 1.29 is 0 Å². The number of fused-ring (bicyclic) bond motifs is 1. The maximum absolute atomic E-state index is 3.45. The number of hydrogen-bond donors (Lipinski definition) is 1. The molecular formula is C14H24N2. The monoisotopic (exact) mass is 220 g/mol. The number of rotatable bonds is 1. The van der Waals surface area contributed by atoms with Gasteiger partial charge in [-0.1, -0.05) is 13.8 Å². The van der Waals surface area contributed by atoms with Crippen molar-refractivity contribution in [3.05, 3.63) is 23.0 Å². The first-order valence-corrected chi connectivity index (χ1v) is 6.33. The van der Waals surface area contributed by atoms with Gasteiger partial charge in [-0.05, 0) is 37.8 Å². The van der Waals surface area contributed by atoms with E-state index in [9.17, 15) is 0 Å². The molecule has 2 rings (SSSR count). The minimum atomic E-state index is 0.281. The zero-order valence-corrected chi connectivity index (χ0v) is 11.2. The molecule has 90 valence electrons. The van der Waals surface area contributed by atoms with E-state index < -0.39 is 0 Å². The SMILES string of the molecule is CC(C)c1c[nH]c2c1CN(C(C)(C)C)CC2. The smallest absolute Gasteiger partial charge is 0.0259 e. The van der Waals surface area contributed by atoms with Crippen LogP contribution in [0.3, 0.4) is 0 Å². The van der Waals surface area contributed by atoms with E-state index in [0.29, 0.717) is 5.92 Å². The summed E-state index contributed by atoms with van der Waals surface area (Å²) in [5.41, 5.74) is 4.80. The highest BCUT2D eigenvalue weighted by molar-refractivity contribution is 5.35. The van der Waals surface area contributed by atoms with Crippen LogP contribution in [0.5, 0.6) is 0 Å². The second kappa shape index (κ2) is 3.92. The number of H-pyrrole nitrogens is 1. The van der Waals surface area contributed by atoms with E-state index >= 15 is 0 Å². The molecule has 0 aromatic carbocycles. The first-order valence-electron chi connectivity index (χ1n) is 6.33. The molecular weight excluding hydrogens is 196 g/mol. The maximum Gasteiger partial charge on any atom is 0.0259 e. The van der Waals surface area contributed by atoms with Crippen LogP contribution in [0.1, 0.15) is 57.4 Å². The first-order chi connectivity index (χ1) is 7.39. The molecule has 0 fully saturated rings. The van der Waals surface area contributed by atoms with Crippen molar-refractivity contribution in [2.24, 2.45) is 0 Å². The molecule has 0 spiro atoms. The van der Waals surface area contributed by atoms with Crippen LogP contribution >= 0.6 is 0 Å².